The number of carbonyl (C=O) groups is 1. The van der Waals surface area contributed by atoms with E-state index < -0.39 is 5.97 Å². The second kappa shape index (κ2) is 9.08. The summed E-state index contributed by atoms with van der Waals surface area (Å²) >= 11 is 0. The first kappa shape index (κ1) is 19.4. The van der Waals surface area contributed by atoms with E-state index in [1.165, 1.54) is 0 Å². The van der Waals surface area contributed by atoms with Gasteiger partial charge in [0.2, 0.25) is 5.95 Å². The highest BCUT2D eigenvalue weighted by Gasteiger charge is 2.10. The van der Waals surface area contributed by atoms with Gasteiger partial charge in [-0.2, -0.15) is 15.1 Å². The predicted molar refractivity (Wildman–Crippen MR) is 115 cm³/mol. The summed E-state index contributed by atoms with van der Waals surface area (Å²) in [7, 11) is 0. The first-order valence-corrected chi connectivity index (χ1v) is 9.86. The summed E-state index contributed by atoms with van der Waals surface area (Å²) < 4.78 is 1.83. The number of rotatable bonds is 10. The minimum atomic E-state index is -0.749. The number of carboxylic acid groups (broad SMARTS) is 1. The fourth-order valence-electron chi connectivity index (χ4n) is 3.16. The van der Waals surface area contributed by atoms with E-state index in [0.717, 1.165) is 41.8 Å². The molecule has 3 aromatic heterocycles. The number of hydrogen-bond acceptors (Lipinski definition) is 6. The minimum Gasteiger partial charge on any atom is -0.481 e. The highest BCUT2D eigenvalue weighted by Crippen LogP contribution is 2.25. The lowest BCUT2D eigenvalue weighted by molar-refractivity contribution is -0.137. The van der Waals surface area contributed by atoms with Crippen LogP contribution in [0.4, 0.5) is 23.1 Å². The van der Waals surface area contributed by atoms with Gasteiger partial charge < -0.3 is 20.7 Å². The smallest absolute Gasteiger partial charge is 0.303 e. The molecule has 0 bridgehead atoms. The number of aryl methyl sites for hydroxylation is 1. The molecular formula is C21H23N7O2. The number of aliphatic carboxylic acids is 1. The molecule has 0 amide bonds. The molecule has 1 aromatic carbocycles. The lowest BCUT2D eigenvalue weighted by Gasteiger charge is -2.09. The van der Waals surface area contributed by atoms with Gasteiger partial charge in [0, 0.05) is 31.0 Å². The molecule has 0 radical (unpaired) electrons. The lowest BCUT2D eigenvalue weighted by atomic mass is 10.2. The Kier molecular flexibility index (Phi) is 5.88. The number of aromatic nitrogens is 5. The van der Waals surface area contributed by atoms with Crippen LogP contribution in [-0.2, 0) is 11.3 Å². The molecule has 4 N–H and O–H groups in total. The average Bonchev–Trinajstić information content (AvgIpc) is 3.38. The van der Waals surface area contributed by atoms with E-state index in [9.17, 15) is 4.79 Å². The SMILES string of the molecule is O=C(O)CCCCCn1cc(Nc2nc(Nc3ccccc3)c3cc[nH]c3n2)cn1. The van der Waals surface area contributed by atoms with Crippen molar-refractivity contribution >= 4 is 40.1 Å². The van der Waals surface area contributed by atoms with E-state index in [4.69, 9.17) is 5.11 Å². The van der Waals surface area contributed by atoms with Gasteiger partial charge in [-0.15, -0.1) is 0 Å². The van der Waals surface area contributed by atoms with Crippen LogP contribution in [0.2, 0.25) is 0 Å². The van der Waals surface area contributed by atoms with Crippen LogP contribution in [0.3, 0.4) is 0 Å². The quantitative estimate of drug-likeness (QED) is 0.290. The number of fused-ring (bicyclic) bond motifs is 1. The molecule has 9 heteroatoms. The first-order chi connectivity index (χ1) is 14.7. The summed E-state index contributed by atoms with van der Waals surface area (Å²) in [5, 5.41) is 20.5. The third-order valence-corrected chi connectivity index (χ3v) is 4.62. The van der Waals surface area contributed by atoms with Crippen molar-refractivity contribution < 1.29 is 9.90 Å². The van der Waals surface area contributed by atoms with Gasteiger partial charge in [-0.25, -0.2) is 0 Å². The van der Waals surface area contributed by atoms with E-state index >= 15 is 0 Å². The second-order valence-electron chi connectivity index (χ2n) is 6.95. The normalized spacial score (nSPS) is 10.9. The van der Waals surface area contributed by atoms with Crippen molar-refractivity contribution in [2.24, 2.45) is 0 Å². The first-order valence-electron chi connectivity index (χ1n) is 9.86. The zero-order valence-corrected chi connectivity index (χ0v) is 16.4. The highest BCUT2D eigenvalue weighted by molar-refractivity contribution is 5.90. The summed E-state index contributed by atoms with van der Waals surface area (Å²) in [4.78, 5) is 22.9. The Labute approximate surface area is 173 Å². The van der Waals surface area contributed by atoms with Crippen LogP contribution in [0, 0.1) is 0 Å². The van der Waals surface area contributed by atoms with Crippen LogP contribution < -0.4 is 10.6 Å². The van der Waals surface area contributed by atoms with E-state index in [1.807, 2.05) is 53.5 Å². The Morgan fingerprint density at radius 3 is 2.73 bits per heavy atom. The summed E-state index contributed by atoms with van der Waals surface area (Å²) in [5.41, 5.74) is 2.47. The van der Waals surface area contributed by atoms with Crippen LogP contribution in [0.5, 0.6) is 0 Å². The summed E-state index contributed by atoms with van der Waals surface area (Å²) in [5.74, 6) is 0.422. The standard InChI is InChI=1S/C21H23N7O2/c29-18(30)9-5-2-6-12-28-14-16(13-23-28)25-21-26-19-17(10-11-22-19)20(27-21)24-15-7-3-1-4-8-15/h1,3-4,7-8,10-11,13-14H,2,5-6,9,12H2,(H,29,30)(H3,22,24,25,26,27). The topological polar surface area (TPSA) is 121 Å². The average molecular weight is 405 g/mol. The second-order valence-corrected chi connectivity index (χ2v) is 6.95. The molecule has 3 heterocycles. The number of aromatic amines is 1. The highest BCUT2D eigenvalue weighted by atomic mass is 16.4. The molecule has 4 rings (SSSR count). The third-order valence-electron chi connectivity index (χ3n) is 4.62. The van der Waals surface area contributed by atoms with Gasteiger partial charge in [0.25, 0.3) is 0 Å². The number of H-pyrrole nitrogens is 1. The molecule has 9 nitrogen and oxygen atoms in total. The minimum absolute atomic E-state index is 0.212. The Balaban J connectivity index is 1.43. The number of benzene rings is 1. The third kappa shape index (κ3) is 4.93. The number of carboxylic acids is 1. The molecule has 4 aromatic rings. The molecule has 0 unspecified atom stereocenters. The fourth-order valence-corrected chi connectivity index (χ4v) is 3.16. The monoisotopic (exact) mass is 405 g/mol. The number of nitrogens with one attached hydrogen (secondary N) is 3. The van der Waals surface area contributed by atoms with Gasteiger partial charge in [0.15, 0.2) is 0 Å². The Hall–Kier alpha value is -3.88. The molecule has 30 heavy (non-hydrogen) atoms. The maximum absolute atomic E-state index is 10.6. The number of nitrogens with zero attached hydrogens (tertiary/aromatic N) is 4. The van der Waals surface area contributed by atoms with Crippen LogP contribution in [-0.4, -0.2) is 35.8 Å². The van der Waals surface area contributed by atoms with Crippen molar-refractivity contribution in [3.05, 3.63) is 55.0 Å². The molecule has 0 atom stereocenters. The Bertz CT molecular complexity index is 1120. The zero-order valence-electron chi connectivity index (χ0n) is 16.4. The molecule has 0 saturated carbocycles. The van der Waals surface area contributed by atoms with Gasteiger partial charge >= 0.3 is 5.97 Å². The van der Waals surface area contributed by atoms with E-state index in [1.54, 1.807) is 6.20 Å². The molecule has 0 aliphatic heterocycles. The molecule has 0 aliphatic carbocycles. The largest absolute Gasteiger partial charge is 0.481 e. The van der Waals surface area contributed by atoms with Gasteiger partial charge in [0.05, 0.1) is 17.3 Å². The Morgan fingerprint density at radius 2 is 1.90 bits per heavy atom. The predicted octanol–water partition coefficient (Wildman–Crippen LogP) is 4.29. The van der Waals surface area contributed by atoms with Gasteiger partial charge in [-0.3, -0.25) is 9.48 Å². The Morgan fingerprint density at radius 1 is 1.03 bits per heavy atom. The zero-order chi connectivity index (χ0) is 20.8. The van der Waals surface area contributed by atoms with Crippen molar-refractivity contribution in [2.45, 2.75) is 32.2 Å². The molecule has 154 valence electrons. The maximum atomic E-state index is 10.6. The number of anilines is 4. The van der Waals surface area contributed by atoms with Gasteiger partial charge in [0.1, 0.15) is 11.5 Å². The van der Waals surface area contributed by atoms with Crippen molar-refractivity contribution in [2.75, 3.05) is 10.6 Å². The van der Waals surface area contributed by atoms with Crippen molar-refractivity contribution in [1.29, 1.82) is 0 Å². The van der Waals surface area contributed by atoms with Crippen molar-refractivity contribution in [3.8, 4) is 0 Å². The van der Waals surface area contributed by atoms with Gasteiger partial charge in [-0.1, -0.05) is 24.6 Å². The molecular weight excluding hydrogens is 382 g/mol. The number of unbranched alkanes of at least 4 members (excludes halogenated alkanes) is 2. The van der Waals surface area contributed by atoms with Crippen molar-refractivity contribution in [3.63, 3.8) is 0 Å². The van der Waals surface area contributed by atoms with E-state index in [2.05, 4.69) is 30.7 Å². The number of hydrogen-bond donors (Lipinski definition) is 4. The summed E-state index contributed by atoms with van der Waals surface area (Å²) in [6.07, 6.45) is 8.09. The van der Waals surface area contributed by atoms with Crippen LogP contribution in [0.15, 0.2) is 55.0 Å². The van der Waals surface area contributed by atoms with Gasteiger partial charge in [-0.05, 0) is 31.0 Å². The molecule has 0 fully saturated rings. The van der Waals surface area contributed by atoms with Crippen molar-refractivity contribution in [1.82, 2.24) is 24.7 Å². The molecule has 0 spiro atoms. The van der Waals surface area contributed by atoms with Crippen LogP contribution in [0.25, 0.3) is 11.0 Å². The van der Waals surface area contributed by atoms with E-state index in [-0.39, 0.29) is 6.42 Å². The lowest BCUT2D eigenvalue weighted by Crippen LogP contribution is -2.02. The van der Waals surface area contributed by atoms with E-state index in [0.29, 0.717) is 18.2 Å². The molecule has 0 aliphatic rings. The van der Waals surface area contributed by atoms with Crippen LogP contribution >= 0.6 is 0 Å². The summed E-state index contributed by atoms with van der Waals surface area (Å²) in [6.45, 7) is 0.735. The maximum Gasteiger partial charge on any atom is 0.303 e. The fraction of sp³-hybridized carbons (Fsp3) is 0.238. The van der Waals surface area contributed by atoms with Crippen LogP contribution in [0.1, 0.15) is 25.7 Å². The summed E-state index contributed by atoms with van der Waals surface area (Å²) in [6, 6.07) is 11.8. The number of para-hydroxylation sites is 1. The molecule has 0 saturated heterocycles.